The molecule has 1 saturated heterocycles. The smallest absolute Gasteiger partial charge is 0.220 e. The van der Waals surface area contributed by atoms with Crippen molar-refractivity contribution in [2.24, 2.45) is 5.92 Å². The van der Waals surface area contributed by atoms with Gasteiger partial charge in [0.1, 0.15) is 6.33 Å². The summed E-state index contributed by atoms with van der Waals surface area (Å²) < 4.78 is 0. The Morgan fingerprint density at radius 1 is 1.47 bits per heavy atom. The third-order valence-electron chi connectivity index (χ3n) is 3.04. The van der Waals surface area contributed by atoms with Crippen LogP contribution in [0.1, 0.15) is 25.0 Å². The Morgan fingerprint density at radius 2 is 2.29 bits per heavy atom. The fourth-order valence-electron chi connectivity index (χ4n) is 2.03. The molecule has 0 unspecified atom stereocenters. The zero-order valence-electron chi connectivity index (χ0n) is 9.85. The van der Waals surface area contributed by atoms with Crippen molar-refractivity contribution in [2.45, 2.75) is 25.8 Å². The zero-order valence-corrected chi connectivity index (χ0v) is 9.85. The average molecular weight is 234 g/mol. The number of carbonyl (C=O) groups is 1. The minimum atomic E-state index is 0.121. The maximum atomic E-state index is 11.7. The molecule has 1 aliphatic rings. The second kappa shape index (κ2) is 6.30. The Kier molecular flexibility index (Phi) is 4.44. The molecule has 5 nitrogen and oxygen atoms in total. The van der Waals surface area contributed by atoms with E-state index in [4.69, 9.17) is 0 Å². The predicted molar refractivity (Wildman–Crippen MR) is 64.1 cm³/mol. The van der Waals surface area contributed by atoms with Crippen LogP contribution in [-0.2, 0) is 11.3 Å². The first-order valence-corrected chi connectivity index (χ1v) is 6.07. The normalized spacial score (nSPS) is 16.7. The van der Waals surface area contributed by atoms with Gasteiger partial charge in [-0.1, -0.05) is 0 Å². The minimum absolute atomic E-state index is 0.121. The molecule has 17 heavy (non-hydrogen) atoms. The first kappa shape index (κ1) is 12.0. The molecule has 0 spiro atoms. The highest BCUT2D eigenvalue weighted by atomic mass is 16.1. The summed E-state index contributed by atoms with van der Waals surface area (Å²) in [4.78, 5) is 19.6. The van der Waals surface area contributed by atoms with E-state index in [0.29, 0.717) is 18.9 Å². The van der Waals surface area contributed by atoms with Crippen molar-refractivity contribution in [3.63, 3.8) is 0 Å². The molecule has 0 bridgehead atoms. The number of piperidine rings is 1. The number of carbonyl (C=O) groups excluding carboxylic acids is 1. The van der Waals surface area contributed by atoms with Gasteiger partial charge in [-0.25, -0.2) is 9.97 Å². The maximum Gasteiger partial charge on any atom is 0.220 e. The quantitative estimate of drug-likeness (QED) is 0.795. The molecule has 1 aliphatic heterocycles. The highest BCUT2D eigenvalue weighted by Crippen LogP contribution is 2.15. The van der Waals surface area contributed by atoms with E-state index >= 15 is 0 Å². The van der Waals surface area contributed by atoms with Gasteiger partial charge < -0.3 is 10.6 Å². The van der Waals surface area contributed by atoms with Crippen LogP contribution in [0, 0.1) is 5.92 Å². The number of nitrogens with zero attached hydrogens (tertiary/aromatic N) is 2. The number of amides is 1. The van der Waals surface area contributed by atoms with Crippen molar-refractivity contribution in [3.8, 4) is 0 Å². The van der Waals surface area contributed by atoms with Gasteiger partial charge in [-0.2, -0.15) is 0 Å². The van der Waals surface area contributed by atoms with Crippen molar-refractivity contribution in [1.82, 2.24) is 20.6 Å². The van der Waals surface area contributed by atoms with Crippen molar-refractivity contribution in [2.75, 3.05) is 13.1 Å². The molecule has 0 atom stereocenters. The van der Waals surface area contributed by atoms with Gasteiger partial charge in [0.2, 0.25) is 5.91 Å². The highest BCUT2D eigenvalue weighted by Gasteiger charge is 2.16. The van der Waals surface area contributed by atoms with E-state index in [0.717, 1.165) is 31.6 Å². The van der Waals surface area contributed by atoms with E-state index in [1.807, 2.05) is 6.07 Å². The minimum Gasteiger partial charge on any atom is -0.350 e. The molecule has 2 heterocycles. The van der Waals surface area contributed by atoms with Crippen LogP contribution in [0.15, 0.2) is 18.6 Å². The highest BCUT2D eigenvalue weighted by molar-refractivity contribution is 5.76. The SMILES string of the molecule is O=C(CC1CCNCC1)NCc1ccncn1. The summed E-state index contributed by atoms with van der Waals surface area (Å²) in [6.45, 7) is 2.56. The number of hydrogen-bond acceptors (Lipinski definition) is 4. The van der Waals surface area contributed by atoms with Crippen LogP contribution in [-0.4, -0.2) is 29.0 Å². The van der Waals surface area contributed by atoms with Gasteiger partial charge in [-0.05, 0) is 37.9 Å². The molecule has 2 rings (SSSR count). The molecule has 92 valence electrons. The molecule has 0 aromatic carbocycles. The summed E-state index contributed by atoms with van der Waals surface area (Å²) in [7, 11) is 0. The number of rotatable bonds is 4. The fraction of sp³-hybridized carbons (Fsp3) is 0.583. The Bertz CT molecular complexity index is 349. The lowest BCUT2D eigenvalue weighted by molar-refractivity contribution is -0.122. The van der Waals surface area contributed by atoms with E-state index < -0.39 is 0 Å². The average Bonchev–Trinajstić information content (AvgIpc) is 2.39. The van der Waals surface area contributed by atoms with Gasteiger partial charge in [0.25, 0.3) is 0 Å². The molecular formula is C12H18N4O. The van der Waals surface area contributed by atoms with Crippen LogP contribution in [0.2, 0.25) is 0 Å². The first-order valence-electron chi connectivity index (χ1n) is 6.07. The molecular weight excluding hydrogens is 216 g/mol. The summed E-state index contributed by atoms with van der Waals surface area (Å²) in [5.74, 6) is 0.650. The van der Waals surface area contributed by atoms with Gasteiger partial charge >= 0.3 is 0 Å². The van der Waals surface area contributed by atoms with Crippen LogP contribution in [0.5, 0.6) is 0 Å². The van der Waals surface area contributed by atoms with Gasteiger partial charge in [-0.15, -0.1) is 0 Å². The largest absolute Gasteiger partial charge is 0.350 e. The molecule has 1 aromatic rings. The second-order valence-electron chi connectivity index (χ2n) is 4.37. The molecule has 1 fully saturated rings. The summed E-state index contributed by atoms with van der Waals surface area (Å²) in [5, 5.41) is 6.19. The molecule has 5 heteroatoms. The Balaban J connectivity index is 1.70. The van der Waals surface area contributed by atoms with Crippen LogP contribution in [0.25, 0.3) is 0 Å². The van der Waals surface area contributed by atoms with Crippen molar-refractivity contribution in [3.05, 3.63) is 24.3 Å². The van der Waals surface area contributed by atoms with Crippen LogP contribution >= 0.6 is 0 Å². The molecule has 1 amide bonds. The third-order valence-corrected chi connectivity index (χ3v) is 3.04. The second-order valence-corrected chi connectivity index (χ2v) is 4.37. The van der Waals surface area contributed by atoms with Crippen molar-refractivity contribution >= 4 is 5.91 Å². The summed E-state index contributed by atoms with van der Waals surface area (Å²) >= 11 is 0. The fourth-order valence-corrected chi connectivity index (χ4v) is 2.03. The van der Waals surface area contributed by atoms with Gasteiger partial charge in [-0.3, -0.25) is 4.79 Å². The monoisotopic (exact) mass is 234 g/mol. The van der Waals surface area contributed by atoms with Crippen LogP contribution in [0.3, 0.4) is 0 Å². The molecule has 2 N–H and O–H groups in total. The van der Waals surface area contributed by atoms with E-state index in [-0.39, 0.29) is 5.91 Å². The zero-order chi connectivity index (χ0) is 11.9. The van der Waals surface area contributed by atoms with E-state index in [9.17, 15) is 4.79 Å². The van der Waals surface area contributed by atoms with Crippen molar-refractivity contribution < 1.29 is 4.79 Å². The maximum absolute atomic E-state index is 11.7. The lowest BCUT2D eigenvalue weighted by atomic mass is 9.94. The molecule has 0 aliphatic carbocycles. The topological polar surface area (TPSA) is 66.9 Å². The van der Waals surface area contributed by atoms with Crippen LogP contribution in [0.4, 0.5) is 0 Å². The number of aromatic nitrogens is 2. The van der Waals surface area contributed by atoms with Crippen molar-refractivity contribution in [1.29, 1.82) is 0 Å². The van der Waals surface area contributed by atoms with E-state index in [2.05, 4.69) is 20.6 Å². The molecule has 0 saturated carbocycles. The first-order chi connectivity index (χ1) is 8.34. The lowest BCUT2D eigenvalue weighted by Gasteiger charge is -2.21. The number of hydrogen-bond donors (Lipinski definition) is 2. The van der Waals surface area contributed by atoms with E-state index in [1.54, 1.807) is 6.20 Å². The Labute approximate surface area is 101 Å². The molecule has 1 aromatic heterocycles. The summed E-state index contributed by atoms with van der Waals surface area (Å²) in [6.07, 6.45) is 6.00. The summed E-state index contributed by atoms with van der Waals surface area (Å²) in [6, 6.07) is 1.81. The Hall–Kier alpha value is -1.49. The Morgan fingerprint density at radius 3 is 3.00 bits per heavy atom. The lowest BCUT2D eigenvalue weighted by Crippen LogP contribution is -2.32. The van der Waals surface area contributed by atoms with Gasteiger partial charge in [0.15, 0.2) is 0 Å². The molecule has 0 radical (unpaired) electrons. The summed E-state index contributed by atoms with van der Waals surface area (Å²) in [5.41, 5.74) is 0.846. The standard InChI is InChI=1S/C12H18N4O/c17-12(7-10-1-4-13-5-2-10)15-8-11-3-6-14-9-16-11/h3,6,9-10,13H,1-2,4-5,7-8H2,(H,15,17). The van der Waals surface area contributed by atoms with Crippen LogP contribution < -0.4 is 10.6 Å². The third kappa shape index (κ3) is 4.11. The van der Waals surface area contributed by atoms with Gasteiger partial charge in [0, 0.05) is 12.6 Å². The number of nitrogens with one attached hydrogen (secondary N) is 2. The van der Waals surface area contributed by atoms with Gasteiger partial charge in [0.05, 0.1) is 12.2 Å². The predicted octanol–water partition coefficient (Wildman–Crippen LogP) is 0.482. The van der Waals surface area contributed by atoms with E-state index in [1.165, 1.54) is 6.33 Å².